The smallest absolute Gasteiger partial charge is 0.325 e. The molecule has 84 valence electrons. The first-order valence-electron chi connectivity index (χ1n) is 5.11. The van der Waals surface area contributed by atoms with Crippen LogP contribution in [0.2, 0.25) is 0 Å². The predicted octanol–water partition coefficient (Wildman–Crippen LogP) is 1.45. The van der Waals surface area contributed by atoms with Gasteiger partial charge in [0.15, 0.2) is 0 Å². The Hall–Kier alpha value is -1.29. The topological polar surface area (TPSA) is 54.1 Å². The average Bonchev–Trinajstić information content (AvgIpc) is 2.68. The van der Waals surface area contributed by atoms with Crippen molar-refractivity contribution in [1.82, 2.24) is 10.3 Å². The first-order valence-corrected chi connectivity index (χ1v) is 5.11. The zero-order valence-corrected chi connectivity index (χ0v) is 9.46. The molecule has 0 atom stereocenters. The van der Waals surface area contributed by atoms with E-state index in [4.69, 9.17) is 4.74 Å². The number of esters is 1. The molecule has 15 heavy (non-hydrogen) atoms. The summed E-state index contributed by atoms with van der Waals surface area (Å²) in [5.74, 6) is -0.225. The molecule has 2 N–H and O–H groups in total. The number of hydrogen-bond acceptors (Lipinski definition) is 3. The lowest BCUT2D eigenvalue weighted by Gasteiger charge is -2.23. The lowest BCUT2D eigenvalue weighted by Crippen LogP contribution is -2.47. The number of carbonyl (C=O) groups is 1. The highest BCUT2D eigenvalue weighted by Gasteiger charge is 2.28. The predicted molar refractivity (Wildman–Crippen MR) is 58.3 cm³/mol. The second-order valence-electron chi connectivity index (χ2n) is 3.89. The molecular weight excluding hydrogens is 192 g/mol. The highest BCUT2D eigenvalue weighted by atomic mass is 16.5. The van der Waals surface area contributed by atoms with E-state index < -0.39 is 5.54 Å². The first-order chi connectivity index (χ1) is 7.06. The van der Waals surface area contributed by atoms with Crippen LogP contribution in [0, 0.1) is 0 Å². The fourth-order valence-corrected chi connectivity index (χ4v) is 1.18. The minimum Gasteiger partial charge on any atom is -0.465 e. The molecule has 0 aromatic carbocycles. The molecule has 1 heterocycles. The van der Waals surface area contributed by atoms with Gasteiger partial charge >= 0.3 is 5.97 Å². The Morgan fingerprint density at radius 3 is 2.87 bits per heavy atom. The summed E-state index contributed by atoms with van der Waals surface area (Å²) >= 11 is 0. The Morgan fingerprint density at radius 1 is 1.60 bits per heavy atom. The van der Waals surface area contributed by atoms with Gasteiger partial charge in [-0.2, -0.15) is 0 Å². The van der Waals surface area contributed by atoms with Crippen molar-refractivity contribution in [2.75, 3.05) is 6.61 Å². The van der Waals surface area contributed by atoms with Gasteiger partial charge in [0.25, 0.3) is 0 Å². The van der Waals surface area contributed by atoms with Gasteiger partial charge in [-0.25, -0.2) is 0 Å². The van der Waals surface area contributed by atoms with Crippen molar-refractivity contribution in [1.29, 1.82) is 0 Å². The van der Waals surface area contributed by atoms with Crippen molar-refractivity contribution < 1.29 is 9.53 Å². The molecule has 0 saturated carbocycles. The second kappa shape index (κ2) is 4.98. The number of H-pyrrole nitrogens is 1. The second-order valence-corrected chi connectivity index (χ2v) is 3.89. The number of carbonyl (C=O) groups excluding carboxylic acids is 1. The molecule has 0 radical (unpaired) electrons. The van der Waals surface area contributed by atoms with Gasteiger partial charge in [0, 0.05) is 18.4 Å². The summed E-state index contributed by atoms with van der Waals surface area (Å²) in [5, 5.41) is 3.14. The fourth-order valence-electron chi connectivity index (χ4n) is 1.18. The maximum absolute atomic E-state index is 11.5. The van der Waals surface area contributed by atoms with E-state index >= 15 is 0 Å². The Morgan fingerprint density at radius 2 is 2.33 bits per heavy atom. The minimum atomic E-state index is -0.652. The van der Waals surface area contributed by atoms with E-state index in [1.54, 1.807) is 6.92 Å². The SMILES string of the molecule is CCOC(=O)C(C)(C)NCc1ccc[nH]1. The molecule has 4 nitrogen and oxygen atoms in total. The van der Waals surface area contributed by atoms with E-state index in [0.717, 1.165) is 5.69 Å². The van der Waals surface area contributed by atoms with Gasteiger partial charge in [0.2, 0.25) is 0 Å². The third kappa shape index (κ3) is 3.40. The lowest BCUT2D eigenvalue weighted by atomic mass is 10.1. The summed E-state index contributed by atoms with van der Waals surface area (Å²) in [5.41, 5.74) is 0.397. The van der Waals surface area contributed by atoms with E-state index in [9.17, 15) is 4.79 Å². The van der Waals surface area contributed by atoms with Crippen LogP contribution in [0.4, 0.5) is 0 Å². The molecule has 0 bridgehead atoms. The van der Waals surface area contributed by atoms with E-state index in [-0.39, 0.29) is 5.97 Å². The van der Waals surface area contributed by atoms with E-state index in [1.807, 2.05) is 32.2 Å². The first kappa shape index (κ1) is 11.8. The molecule has 1 aromatic rings. The summed E-state index contributed by atoms with van der Waals surface area (Å²) in [6.45, 7) is 6.46. The number of nitrogens with one attached hydrogen (secondary N) is 2. The van der Waals surface area contributed by atoms with Gasteiger partial charge in [-0.1, -0.05) is 0 Å². The van der Waals surface area contributed by atoms with Gasteiger partial charge in [-0.3, -0.25) is 10.1 Å². The van der Waals surface area contributed by atoms with Crippen molar-refractivity contribution in [2.45, 2.75) is 32.9 Å². The monoisotopic (exact) mass is 210 g/mol. The van der Waals surface area contributed by atoms with Crippen LogP contribution in [-0.4, -0.2) is 23.1 Å². The molecular formula is C11H18N2O2. The van der Waals surface area contributed by atoms with Gasteiger partial charge in [0.1, 0.15) is 5.54 Å². The summed E-state index contributed by atoms with van der Waals surface area (Å²) in [4.78, 5) is 14.6. The normalized spacial score (nSPS) is 11.4. The van der Waals surface area contributed by atoms with Crippen molar-refractivity contribution in [3.05, 3.63) is 24.0 Å². The van der Waals surface area contributed by atoms with Crippen molar-refractivity contribution in [3.63, 3.8) is 0 Å². The van der Waals surface area contributed by atoms with Crippen LogP contribution < -0.4 is 5.32 Å². The van der Waals surface area contributed by atoms with Crippen LogP contribution >= 0.6 is 0 Å². The molecule has 0 aliphatic rings. The summed E-state index contributed by atoms with van der Waals surface area (Å²) in [6.07, 6.45) is 1.86. The minimum absolute atomic E-state index is 0.225. The van der Waals surface area contributed by atoms with E-state index in [0.29, 0.717) is 13.2 Å². The molecule has 1 rings (SSSR count). The Bertz CT molecular complexity index is 304. The highest BCUT2D eigenvalue weighted by Crippen LogP contribution is 2.06. The molecule has 0 amide bonds. The van der Waals surface area contributed by atoms with Crippen molar-refractivity contribution in [2.24, 2.45) is 0 Å². The number of aromatic nitrogens is 1. The molecule has 1 aromatic heterocycles. The summed E-state index contributed by atoms with van der Waals surface area (Å²) < 4.78 is 4.96. The molecule has 4 heteroatoms. The van der Waals surface area contributed by atoms with Crippen LogP contribution in [0.1, 0.15) is 26.5 Å². The molecule has 0 spiro atoms. The molecule has 0 aliphatic heterocycles. The van der Waals surface area contributed by atoms with Gasteiger partial charge < -0.3 is 9.72 Å². The Labute approximate surface area is 90.0 Å². The zero-order valence-electron chi connectivity index (χ0n) is 9.46. The number of aromatic amines is 1. The molecule has 0 aliphatic carbocycles. The number of rotatable bonds is 5. The Balaban J connectivity index is 2.45. The standard InChI is InChI=1S/C11H18N2O2/c1-4-15-10(14)11(2,3)13-8-9-6-5-7-12-9/h5-7,12-13H,4,8H2,1-3H3. The average molecular weight is 210 g/mol. The Kier molecular flexibility index (Phi) is 3.91. The maximum atomic E-state index is 11.5. The quantitative estimate of drug-likeness (QED) is 0.723. The van der Waals surface area contributed by atoms with Gasteiger partial charge in [-0.15, -0.1) is 0 Å². The van der Waals surface area contributed by atoms with Gasteiger partial charge in [0.05, 0.1) is 6.61 Å². The van der Waals surface area contributed by atoms with Crippen LogP contribution in [0.3, 0.4) is 0 Å². The van der Waals surface area contributed by atoms with Crippen LogP contribution in [-0.2, 0) is 16.1 Å². The fraction of sp³-hybridized carbons (Fsp3) is 0.545. The van der Waals surface area contributed by atoms with Crippen LogP contribution in [0.25, 0.3) is 0 Å². The highest BCUT2D eigenvalue weighted by molar-refractivity contribution is 5.79. The van der Waals surface area contributed by atoms with E-state index in [2.05, 4.69) is 10.3 Å². The van der Waals surface area contributed by atoms with Crippen molar-refractivity contribution >= 4 is 5.97 Å². The number of hydrogen-bond donors (Lipinski definition) is 2. The third-order valence-electron chi connectivity index (χ3n) is 2.17. The van der Waals surface area contributed by atoms with Crippen LogP contribution in [0.15, 0.2) is 18.3 Å². The molecule has 0 fully saturated rings. The maximum Gasteiger partial charge on any atom is 0.325 e. The molecule has 0 saturated heterocycles. The zero-order chi connectivity index (χ0) is 11.3. The van der Waals surface area contributed by atoms with Gasteiger partial charge in [-0.05, 0) is 32.9 Å². The third-order valence-corrected chi connectivity index (χ3v) is 2.17. The largest absolute Gasteiger partial charge is 0.465 e. The van der Waals surface area contributed by atoms with Crippen molar-refractivity contribution in [3.8, 4) is 0 Å². The van der Waals surface area contributed by atoms with E-state index in [1.165, 1.54) is 0 Å². The van der Waals surface area contributed by atoms with Crippen LogP contribution in [0.5, 0.6) is 0 Å². The summed E-state index contributed by atoms with van der Waals surface area (Å²) in [6, 6.07) is 3.89. The number of ether oxygens (including phenoxy) is 1. The lowest BCUT2D eigenvalue weighted by molar-refractivity contribution is -0.149. The molecule has 0 unspecified atom stereocenters. The summed E-state index contributed by atoms with van der Waals surface area (Å²) in [7, 11) is 0.